The van der Waals surface area contributed by atoms with Crippen molar-refractivity contribution >= 4 is 50.0 Å². The summed E-state index contributed by atoms with van der Waals surface area (Å²) in [5.41, 5.74) is 0.832. The summed E-state index contributed by atoms with van der Waals surface area (Å²) in [6.07, 6.45) is 6.35. The van der Waals surface area contributed by atoms with E-state index >= 15 is 0 Å². The van der Waals surface area contributed by atoms with E-state index in [4.69, 9.17) is 11.6 Å². The van der Waals surface area contributed by atoms with Gasteiger partial charge in [-0.25, -0.2) is 8.42 Å². The van der Waals surface area contributed by atoms with Crippen molar-refractivity contribution in [3.63, 3.8) is 0 Å². The van der Waals surface area contributed by atoms with Crippen molar-refractivity contribution < 1.29 is 13.2 Å². The van der Waals surface area contributed by atoms with Crippen LogP contribution in [0.25, 0.3) is 0 Å². The molecule has 1 aromatic rings. The predicted octanol–water partition coefficient (Wildman–Crippen LogP) is 3.91. The summed E-state index contributed by atoms with van der Waals surface area (Å²) in [7, 11) is -3.06. The van der Waals surface area contributed by atoms with E-state index in [1.54, 1.807) is 12.1 Å². The number of amides is 1. The molecule has 0 bridgehead atoms. The topological polar surface area (TPSA) is 66.8 Å². The Bertz CT molecular complexity index is 848. The summed E-state index contributed by atoms with van der Waals surface area (Å²) in [5, 5.41) is 1.16. The molecule has 0 radical (unpaired) electrons. The first-order valence-corrected chi connectivity index (χ1v) is 12.5. The highest BCUT2D eigenvalue weighted by molar-refractivity contribution is 8.16. The number of fused-ring (bicyclic) bond motifs is 1. The van der Waals surface area contributed by atoms with E-state index in [0.29, 0.717) is 22.5 Å². The first-order valence-electron chi connectivity index (χ1n) is 9.45. The Morgan fingerprint density at radius 2 is 1.89 bits per heavy atom. The average Bonchev–Trinajstić information content (AvgIpc) is 3.29. The van der Waals surface area contributed by atoms with Crippen LogP contribution in [0.2, 0.25) is 5.02 Å². The Morgan fingerprint density at radius 3 is 2.59 bits per heavy atom. The number of hydrogen-bond acceptors (Lipinski definition) is 4. The van der Waals surface area contributed by atoms with E-state index in [2.05, 4.69) is 4.99 Å². The molecule has 146 valence electrons. The Hall–Kier alpha value is -1.05. The molecule has 2 aliphatic heterocycles. The molecule has 27 heavy (non-hydrogen) atoms. The van der Waals surface area contributed by atoms with Crippen LogP contribution in [0, 0.1) is 5.92 Å². The van der Waals surface area contributed by atoms with Crippen molar-refractivity contribution in [2.75, 3.05) is 16.4 Å². The number of rotatable bonds is 4. The lowest BCUT2D eigenvalue weighted by Crippen LogP contribution is -2.37. The van der Waals surface area contributed by atoms with Gasteiger partial charge >= 0.3 is 0 Å². The molecular weight excluding hydrogens is 404 g/mol. The van der Waals surface area contributed by atoms with Gasteiger partial charge in [-0.2, -0.15) is 4.99 Å². The van der Waals surface area contributed by atoms with Gasteiger partial charge in [-0.15, -0.1) is 0 Å². The zero-order valence-electron chi connectivity index (χ0n) is 15.0. The van der Waals surface area contributed by atoms with Crippen LogP contribution >= 0.6 is 23.4 Å². The van der Waals surface area contributed by atoms with Crippen molar-refractivity contribution in [1.82, 2.24) is 0 Å². The van der Waals surface area contributed by atoms with Crippen molar-refractivity contribution in [3.8, 4) is 0 Å². The van der Waals surface area contributed by atoms with E-state index in [1.165, 1.54) is 37.4 Å². The summed E-state index contributed by atoms with van der Waals surface area (Å²) in [6.45, 7) is 0. The number of nitrogens with zero attached hydrogens (tertiary/aromatic N) is 2. The fraction of sp³-hybridized carbons (Fsp3) is 0.579. The van der Waals surface area contributed by atoms with E-state index in [-0.39, 0.29) is 28.7 Å². The highest BCUT2D eigenvalue weighted by atomic mass is 35.5. The van der Waals surface area contributed by atoms with Crippen LogP contribution in [0.3, 0.4) is 0 Å². The second kappa shape index (κ2) is 7.76. The Balaban J connectivity index is 1.54. The molecule has 2 heterocycles. The maximum absolute atomic E-state index is 12.5. The maximum Gasteiger partial charge on any atom is 0.248 e. The molecule has 8 heteroatoms. The third-order valence-electron chi connectivity index (χ3n) is 5.63. The van der Waals surface area contributed by atoms with E-state index < -0.39 is 9.84 Å². The molecule has 1 saturated carbocycles. The van der Waals surface area contributed by atoms with Crippen molar-refractivity contribution in [2.45, 2.75) is 49.8 Å². The van der Waals surface area contributed by atoms with Gasteiger partial charge in [0, 0.05) is 22.4 Å². The van der Waals surface area contributed by atoms with Gasteiger partial charge in [0.2, 0.25) is 5.91 Å². The molecule has 2 atom stereocenters. The van der Waals surface area contributed by atoms with Crippen LogP contribution in [0.15, 0.2) is 29.3 Å². The van der Waals surface area contributed by atoms with Crippen molar-refractivity contribution in [1.29, 1.82) is 0 Å². The van der Waals surface area contributed by atoms with Crippen LogP contribution in [0.5, 0.6) is 0 Å². The van der Waals surface area contributed by atoms with Gasteiger partial charge < -0.3 is 4.90 Å². The largest absolute Gasteiger partial charge is 0.316 e. The first kappa shape index (κ1) is 19.3. The molecule has 2 saturated heterocycles. The van der Waals surface area contributed by atoms with Gasteiger partial charge in [0.05, 0.1) is 17.5 Å². The van der Waals surface area contributed by atoms with Crippen molar-refractivity contribution in [2.24, 2.45) is 10.9 Å². The lowest BCUT2D eigenvalue weighted by molar-refractivity contribution is -0.118. The number of halogens is 1. The number of sulfone groups is 1. The number of aliphatic imine (C=N–C) groups is 1. The number of carbonyl (C=O) groups is 1. The van der Waals surface area contributed by atoms with Crippen LogP contribution in [0.4, 0.5) is 5.69 Å². The maximum atomic E-state index is 12.5. The molecule has 4 rings (SSSR count). The fourth-order valence-electron chi connectivity index (χ4n) is 4.26. The molecule has 0 N–H and O–H groups in total. The van der Waals surface area contributed by atoms with Crippen LogP contribution in [0.1, 0.15) is 38.5 Å². The predicted molar refractivity (Wildman–Crippen MR) is 111 cm³/mol. The normalized spacial score (nSPS) is 28.8. The minimum absolute atomic E-state index is 0.0768. The molecule has 3 aliphatic rings. The van der Waals surface area contributed by atoms with Crippen LogP contribution < -0.4 is 4.90 Å². The summed E-state index contributed by atoms with van der Waals surface area (Å²) in [4.78, 5) is 18.8. The van der Waals surface area contributed by atoms with E-state index in [1.807, 2.05) is 17.0 Å². The molecule has 1 amide bonds. The lowest BCUT2D eigenvalue weighted by atomic mass is 10.0. The van der Waals surface area contributed by atoms with Crippen LogP contribution in [-0.4, -0.2) is 42.3 Å². The summed E-state index contributed by atoms with van der Waals surface area (Å²) >= 11 is 7.42. The molecule has 0 unspecified atom stereocenters. The quantitative estimate of drug-likeness (QED) is 0.730. The molecule has 0 aromatic heterocycles. The summed E-state index contributed by atoms with van der Waals surface area (Å²) < 4.78 is 24.2. The van der Waals surface area contributed by atoms with E-state index in [9.17, 15) is 13.2 Å². The molecule has 1 aromatic carbocycles. The zero-order chi connectivity index (χ0) is 19.0. The third-order valence-corrected chi connectivity index (χ3v) is 9.09. The molecule has 3 fully saturated rings. The fourth-order valence-corrected chi connectivity index (χ4v) is 8.31. The monoisotopic (exact) mass is 426 g/mol. The molecule has 5 nitrogen and oxygen atoms in total. The number of benzene rings is 1. The number of amidine groups is 1. The van der Waals surface area contributed by atoms with Gasteiger partial charge in [0.15, 0.2) is 15.0 Å². The molecular formula is C19H23ClN2O3S2. The highest BCUT2D eigenvalue weighted by Gasteiger charge is 2.49. The first-order chi connectivity index (χ1) is 12.9. The zero-order valence-corrected chi connectivity index (χ0v) is 17.4. The summed E-state index contributed by atoms with van der Waals surface area (Å²) in [6, 6.07) is 7.08. The smallest absolute Gasteiger partial charge is 0.248 e. The minimum atomic E-state index is -3.06. The second-order valence-electron chi connectivity index (χ2n) is 7.62. The van der Waals surface area contributed by atoms with Gasteiger partial charge in [-0.05, 0) is 36.6 Å². The Labute approximate surface area is 169 Å². The van der Waals surface area contributed by atoms with Gasteiger partial charge in [0.25, 0.3) is 0 Å². The third kappa shape index (κ3) is 4.35. The van der Waals surface area contributed by atoms with Gasteiger partial charge in [-0.1, -0.05) is 49.0 Å². The SMILES string of the molecule is O=C(CCC1CCCC1)N=C1S[C@@H]2CS(=O)(=O)C[C@H]2N1c1ccc(Cl)cc1. The highest BCUT2D eigenvalue weighted by Crippen LogP contribution is 2.41. The number of hydrogen-bond donors (Lipinski definition) is 0. The van der Waals surface area contributed by atoms with E-state index in [0.717, 1.165) is 12.1 Å². The molecule has 1 aliphatic carbocycles. The number of carbonyl (C=O) groups excluding carboxylic acids is 1. The minimum Gasteiger partial charge on any atom is -0.316 e. The second-order valence-corrected chi connectivity index (χ2v) is 11.4. The average molecular weight is 427 g/mol. The Kier molecular flexibility index (Phi) is 5.54. The van der Waals surface area contributed by atoms with Crippen molar-refractivity contribution in [3.05, 3.63) is 29.3 Å². The molecule has 0 spiro atoms. The standard InChI is InChI=1S/C19H23ClN2O3S2/c20-14-6-8-15(9-7-14)22-16-11-27(24,25)12-17(16)26-19(22)21-18(23)10-5-13-3-1-2-4-13/h6-9,13,16-17H,1-5,10-12H2/t16-,17-/m1/s1. The summed E-state index contributed by atoms with van der Waals surface area (Å²) in [5.74, 6) is 0.790. The Morgan fingerprint density at radius 1 is 1.19 bits per heavy atom. The van der Waals surface area contributed by atoms with Crippen LogP contribution in [-0.2, 0) is 14.6 Å². The lowest BCUT2D eigenvalue weighted by Gasteiger charge is -2.24. The number of thioether (sulfide) groups is 1. The van der Waals surface area contributed by atoms with Gasteiger partial charge in [-0.3, -0.25) is 4.79 Å². The number of anilines is 1. The van der Waals surface area contributed by atoms with Gasteiger partial charge in [0.1, 0.15) is 0 Å².